The topological polar surface area (TPSA) is 34.1 Å². The molecule has 0 aliphatic heterocycles. The highest BCUT2D eigenvalue weighted by Gasteiger charge is 2.41. The molecule has 17 heavy (non-hydrogen) atoms. The Morgan fingerprint density at radius 1 is 1.53 bits per heavy atom. The Bertz CT molecular complexity index is 384. The average molecular weight is 269 g/mol. The number of hydrogen-bond acceptors (Lipinski definition) is 3. The van der Waals surface area contributed by atoms with Gasteiger partial charge in [0.25, 0.3) is 0 Å². The molecule has 1 N–H and O–H groups in total. The van der Waals surface area contributed by atoms with Crippen molar-refractivity contribution >= 4 is 11.6 Å². The zero-order valence-electron chi connectivity index (χ0n) is 9.31. The van der Waals surface area contributed by atoms with E-state index in [1.54, 1.807) is 6.92 Å². The first-order valence-electron chi connectivity index (χ1n) is 4.89. The average Bonchev–Trinajstić information content (AvgIpc) is 2.24. The van der Waals surface area contributed by atoms with E-state index in [0.29, 0.717) is 0 Å². The number of pyridine rings is 1. The number of methoxy groups -OCH3 is 1. The summed E-state index contributed by atoms with van der Waals surface area (Å²) in [5.74, 6) is 0.243. The third-order valence-corrected chi connectivity index (χ3v) is 2.39. The molecular formula is C10H12ClF3N2O. The molecule has 0 aliphatic carbocycles. The van der Waals surface area contributed by atoms with E-state index in [-0.39, 0.29) is 23.0 Å². The Hall–Kier alpha value is -1.01. The molecule has 0 saturated heterocycles. The smallest absolute Gasteiger partial charge is 0.409 e. The van der Waals surface area contributed by atoms with Crippen molar-refractivity contribution in [3.05, 3.63) is 23.0 Å². The molecule has 1 heterocycles. The van der Waals surface area contributed by atoms with Gasteiger partial charge in [-0.3, -0.25) is 4.98 Å². The summed E-state index contributed by atoms with van der Waals surface area (Å²) in [4.78, 5) is 3.70. The van der Waals surface area contributed by atoms with Gasteiger partial charge >= 0.3 is 6.18 Å². The Morgan fingerprint density at radius 3 is 2.59 bits per heavy atom. The van der Waals surface area contributed by atoms with Crippen LogP contribution in [0, 0.1) is 0 Å². The van der Waals surface area contributed by atoms with E-state index in [2.05, 4.69) is 10.3 Å². The molecule has 0 spiro atoms. The van der Waals surface area contributed by atoms with Gasteiger partial charge in [0.05, 0.1) is 24.0 Å². The van der Waals surface area contributed by atoms with Crippen LogP contribution in [0.15, 0.2) is 12.3 Å². The molecule has 0 fully saturated rings. The summed E-state index contributed by atoms with van der Waals surface area (Å²) < 4.78 is 43.0. The van der Waals surface area contributed by atoms with Crippen molar-refractivity contribution in [1.82, 2.24) is 10.3 Å². The fourth-order valence-electron chi connectivity index (χ4n) is 1.33. The highest BCUT2D eigenvalue weighted by Crippen LogP contribution is 2.34. The maximum atomic E-state index is 12.7. The number of nitrogens with one attached hydrogen (secondary N) is 1. The van der Waals surface area contributed by atoms with Gasteiger partial charge in [-0.05, 0) is 12.6 Å². The molecule has 1 aromatic heterocycles. The van der Waals surface area contributed by atoms with E-state index in [0.717, 1.165) is 6.07 Å². The van der Waals surface area contributed by atoms with Gasteiger partial charge in [-0.15, -0.1) is 0 Å². The molecule has 3 nitrogen and oxygen atoms in total. The van der Waals surface area contributed by atoms with Gasteiger partial charge in [0, 0.05) is 0 Å². The van der Waals surface area contributed by atoms with E-state index in [1.807, 2.05) is 0 Å². The molecular weight excluding hydrogens is 257 g/mol. The Morgan fingerprint density at radius 2 is 2.18 bits per heavy atom. The van der Waals surface area contributed by atoms with Crippen LogP contribution < -0.4 is 10.1 Å². The number of halogens is 4. The van der Waals surface area contributed by atoms with Crippen molar-refractivity contribution < 1.29 is 17.9 Å². The molecule has 96 valence electrons. The second-order valence-corrected chi connectivity index (χ2v) is 3.68. The maximum absolute atomic E-state index is 12.7. The summed E-state index contributed by atoms with van der Waals surface area (Å²) in [7, 11) is 1.37. The normalized spacial score (nSPS) is 13.5. The molecule has 1 unspecified atom stereocenters. The molecule has 0 aliphatic rings. The molecule has 7 heteroatoms. The standard InChI is InChI=1S/C10H12ClF3N2O/c1-3-15-9(10(12,13)14)7-4-6(11)8(17-2)5-16-7/h4-5,9,15H,3H2,1-2H3. The molecule has 1 rings (SSSR count). The first-order valence-corrected chi connectivity index (χ1v) is 5.27. The van der Waals surface area contributed by atoms with Gasteiger partial charge in [0.15, 0.2) is 5.75 Å². The van der Waals surface area contributed by atoms with E-state index >= 15 is 0 Å². The second kappa shape index (κ2) is 5.55. The summed E-state index contributed by atoms with van der Waals surface area (Å²) in [6, 6.07) is -0.669. The minimum absolute atomic E-state index is 0.102. The number of rotatable bonds is 4. The highest BCUT2D eigenvalue weighted by atomic mass is 35.5. The number of alkyl halides is 3. The van der Waals surface area contributed by atoms with E-state index in [4.69, 9.17) is 16.3 Å². The van der Waals surface area contributed by atoms with Crippen LogP contribution in [0.5, 0.6) is 5.75 Å². The molecule has 0 radical (unpaired) electrons. The van der Waals surface area contributed by atoms with Crippen molar-refractivity contribution in [2.24, 2.45) is 0 Å². The molecule has 0 aromatic carbocycles. The van der Waals surface area contributed by atoms with Gasteiger partial charge in [-0.1, -0.05) is 18.5 Å². The second-order valence-electron chi connectivity index (χ2n) is 3.28. The third kappa shape index (κ3) is 3.47. The predicted molar refractivity (Wildman–Crippen MR) is 58.3 cm³/mol. The quantitative estimate of drug-likeness (QED) is 0.912. The van der Waals surface area contributed by atoms with E-state index < -0.39 is 12.2 Å². The minimum atomic E-state index is -4.42. The number of aromatic nitrogens is 1. The zero-order chi connectivity index (χ0) is 13.1. The SMILES string of the molecule is CCNC(c1cc(Cl)c(OC)cn1)C(F)(F)F. The lowest BCUT2D eigenvalue weighted by Gasteiger charge is -2.20. The summed E-state index contributed by atoms with van der Waals surface area (Å²) >= 11 is 5.76. The summed E-state index contributed by atoms with van der Waals surface area (Å²) in [5.41, 5.74) is -0.176. The summed E-state index contributed by atoms with van der Waals surface area (Å²) in [6.07, 6.45) is -3.24. The van der Waals surface area contributed by atoms with Crippen LogP contribution in [-0.4, -0.2) is 24.8 Å². The number of ether oxygens (including phenoxy) is 1. The largest absolute Gasteiger partial charge is 0.494 e. The molecule has 0 amide bonds. The van der Waals surface area contributed by atoms with Crippen molar-refractivity contribution in [1.29, 1.82) is 0 Å². The Labute approximate surface area is 102 Å². The molecule has 0 bridgehead atoms. The lowest BCUT2D eigenvalue weighted by molar-refractivity contribution is -0.158. The first kappa shape index (κ1) is 14.1. The third-order valence-electron chi connectivity index (χ3n) is 2.09. The lowest BCUT2D eigenvalue weighted by atomic mass is 10.1. The van der Waals surface area contributed by atoms with Gasteiger partial charge < -0.3 is 10.1 Å². The highest BCUT2D eigenvalue weighted by molar-refractivity contribution is 6.32. The van der Waals surface area contributed by atoms with E-state index in [9.17, 15) is 13.2 Å². The fraction of sp³-hybridized carbons (Fsp3) is 0.500. The number of hydrogen-bond donors (Lipinski definition) is 1. The van der Waals surface area contributed by atoms with Crippen LogP contribution in [0.2, 0.25) is 5.02 Å². The van der Waals surface area contributed by atoms with Crippen LogP contribution in [0.25, 0.3) is 0 Å². The van der Waals surface area contributed by atoms with E-state index in [1.165, 1.54) is 13.3 Å². The van der Waals surface area contributed by atoms with Gasteiger partial charge in [0.1, 0.15) is 6.04 Å². The lowest BCUT2D eigenvalue weighted by Crippen LogP contribution is -2.34. The van der Waals surface area contributed by atoms with Crippen LogP contribution >= 0.6 is 11.6 Å². The Balaban J connectivity index is 3.07. The van der Waals surface area contributed by atoms with Crippen molar-refractivity contribution in [2.45, 2.75) is 19.1 Å². The molecule has 0 saturated carbocycles. The van der Waals surface area contributed by atoms with Crippen LogP contribution in [0.1, 0.15) is 18.7 Å². The minimum Gasteiger partial charge on any atom is -0.494 e. The van der Waals surface area contributed by atoms with Gasteiger partial charge in [-0.2, -0.15) is 13.2 Å². The predicted octanol–water partition coefficient (Wildman–Crippen LogP) is 2.96. The monoisotopic (exact) mass is 268 g/mol. The van der Waals surface area contributed by atoms with Crippen LogP contribution in [0.4, 0.5) is 13.2 Å². The van der Waals surface area contributed by atoms with Gasteiger partial charge in [0.2, 0.25) is 0 Å². The van der Waals surface area contributed by atoms with Crippen molar-refractivity contribution in [2.75, 3.05) is 13.7 Å². The first-order chi connectivity index (χ1) is 7.90. The van der Waals surface area contributed by atoms with Crippen LogP contribution in [-0.2, 0) is 0 Å². The van der Waals surface area contributed by atoms with Crippen LogP contribution in [0.3, 0.4) is 0 Å². The Kier molecular flexibility index (Phi) is 4.59. The summed E-state index contributed by atoms with van der Waals surface area (Å²) in [5, 5.41) is 2.42. The van der Waals surface area contributed by atoms with Crippen molar-refractivity contribution in [3.63, 3.8) is 0 Å². The zero-order valence-corrected chi connectivity index (χ0v) is 10.1. The molecule has 1 aromatic rings. The van der Waals surface area contributed by atoms with Crippen molar-refractivity contribution in [3.8, 4) is 5.75 Å². The number of nitrogens with zero attached hydrogens (tertiary/aromatic N) is 1. The van der Waals surface area contributed by atoms with Gasteiger partial charge in [-0.25, -0.2) is 0 Å². The maximum Gasteiger partial charge on any atom is 0.409 e. The summed E-state index contributed by atoms with van der Waals surface area (Å²) in [6.45, 7) is 1.76. The fourth-order valence-corrected chi connectivity index (χ4v) is 1.57. The molecule has 1 atom stereocenters.